The van der Waals surface area contributed by atoms with Crippen LogP contribution in [0.3, 0.4) is 0 Å². The summed E-state index contributed by atoms with van der Waals surface area (Å²) in [6, 6.07) is 10.2. The highest BCUT2D eigenvalue weighted by Gasteiger charge is 2.24. The molecule has 4 rings (SSSR count). The van der Waals surface area contributed by atoms with Gasteiger partial charge in [0, 0.05) is 11.6 Å². The molecule has 0 unspecified atom stereocenters. The number of rotatable bonds is 5. The van der Waals surface area contributed by atoms with Crippen LogP contribution in [0.25, 0.3) is 23.2 Å². The maximum Gasteiger partial charge on any atom is 0.289 e. The van der Waals surface area contributed by atoms with Crippen molar-refractivity contribution in [1.82, 2.24) is 25.2 Å². The van der Waals surface area contributed by atoms with Crippen molar-refractivity contribution in [2.24, 2.45) is 0 Å². The summed E-state index contributed by atoms with van der Waals surface area (Å²) in [6.45, 7) is 0.636. The van der Waals surface area contributed by atoms with E-state index in [4.69, 9.17) is 8.94 Å². The summed E-state index contributed by atoms with van der Waals surface area (Å²) in [6.07, 6.45) is 3.78. The molecule has 2 aromatic heterocycles. The van der Waals surface area contributed by atoms with E-state index < -0.39 is 0 Å². The van der Waals surface area contributed by atoms with E-state index in [0.29, 0.717) is 30.2 Å². The predicted octanol–water partition coefficient (Wildman–Crippen LogP) is 2.77. The van der Waals surface area contributed by atoms with Crippen molar-refractivity contribution in [3.05, 3.63) is 36.2 Å². The largest absolute Gasteiger partial charge is 0.413 e. The van der Waals surface area contributed by atoms with Gasteiger partial charge in [0.05, 0.1) is 6.54 Å². The van der Waals surface area contributed by atoms with Gasteiger partial charge < -0.3 is 8.94 Å². The molecular formula is C16H17N5O2. The lowest BCUT2D eigenvalue weighted by Crippen LogP contribution is -2.36. The van der Waals surface area contributed by atoms with Gasteiger partial charge in [-0.1, -0.05) is 29.8 Å². The van der Waals surface area contributed by atoms with E-state index in [1.165, 1.54) is 19.3 Å². The maximum absolute atomic E-state index is 5.63. The average Bonchev–Trinajstić information content (AvgIpc) is 3.15. The summed E-state index contributed by atoms with van der Waals surface area (Å²) in [4.78, 5) is 6.59. The van der Waals surface area contributed by atoms with Crippen LogP contribution in [-0.4, -0.2) is 38.3 Å². The van der Waals surface area contributed by atoms with Crippen LogP contribution in [0.5, 0.6) is 0 Å². The number of benzene rings is 1. The molecule has 0 N–H and O–H groups in total. The average molecular weight is 311 g/mol. The van der Waals surface area contributed by atoms with Gasteiger partial charge in [-0.3, -0.25) is 4.90 Å². The molecule has 7 heteroatoms. The minimum atomic E-state index is 0.269. The second kappa shape index (κ2) is 5.92. The van der Waals surface area contributed by atoms with E-state index in [1.54, 1.807) is 0 Å². The normalized spacial score (nSPS) is 15.0. The molecule has 118 valence electrons. The number of nitrogens with zero attached hydrogens (tertiary/aromatic N) is 5. The van der Waals surface area contributed by atoms with Gasteiger partial charge in [-0.2, -0.15) is 4.98 Å². The highest BCUT2D eigenvalue weighted by molar-refractivity contribution is 5.53. The van der Waals surface area contributed by atoms with Crippen molar-refractivity contribution in [3.63, 3.8) is 0 Å². The standard InChI is InChI=1S/C16H17N5O2/c1-21(12-8-5-9-12)10-13-17-14(20-23-13)16-19-18-15(22-16)11-6-3-2-4-7-11/h2-4,6-7,12H,5,8-10H2,1H3. The van der Waals surface area contributed by atoms with Crippen LogP contribution >= 0.6 is 0 Å². The molecule has 0 aliphatic heterocycles. The molecule has 0 amide bonds. The van der Waals surface area contributed by atoms with Crippen molar-refractivity contribution in [2.75, 3.05) is 7.05 Å². The lowest BCUT2D eigenvalue weighted by molar-refractivity contribution is 0.137. The van der Waals surface area contributed by atoms with Gasteiger partial charge in [0.1, 0.15) is 0 Å². The summed E-state index contributed by atoms with van der Waals surface area (Å²) < 4.78 is 10.9. The molecule has 1 aromatic carbocycles. The maximum atomic E-state index is 5.63. The molecule has 1 aliphatic carbocycles. The zero-order valence-corrected chi connectivity index (χ0v) is 12.8. The Morgan fingerprint density at radius 3 is 2.65 bits per heavy atom. The Morgan fingerprint density at radius 2 is 1.91 bits per heavy atom. The molecule has 2 heterocycles. The lowest BCUT2D eigenvalue weighted by Gasteiger charge is -2.33. The third kappa shape index (κ3) is 2.87. The van der Waals surface area contributed by atoms with Gasteiger partial charge in [0.2, 0.25) is 11.8 Å². The van der Waals surface area contributed by atoms with Crippen LogP contribution in [0.1, 0.15) is 25.2 Å². The van der Waals surface area contributed by atoms with E-state index in [1.807, 2.05) is 30.3 Å². The molecule has 0 atom stereocenters. The monoisotopic (exact) mass is 311 g/mol. The fourth-order valence-electron chi connectivity index (χ4n) is 2.59. The zero-order chi connectivity index (χ0) is 15.6. The van der Waals surface area contributed by atoms with Crippen molar-refractivity contribution in [3.8, 4) is 23.2 Å². The Hall–Kier alpha value is -2.54. The second-order valence-corrected chi connectivity index (χ2v) is 5.79. The minimum Gasteiger partial charge on any atom is -0.413 e. The number of aromatic nitrogens is 4. The van der Waals surface area contributed by atoms with Gasteiger partial charge >= 0.3 is 0 Å². The highest BCUT2D eigenvalue weighted by Crippen LogP contribution is 2.25. The van der Waals surface area contributed by atoms with Gasteiger partial charge in [-0.25, -0.2) is 0 Å². The van der Waals surface area contributed by atoms with Crippen LogP contribution in [0.4, 0.5) is 0 Å². The molecule has 1 aliphatic rings. The number of hydrogen-bond acceptors (Lipinski definition) is 7. The Balaban J connectivity index is 1.49. The van der Waals surface area contributed by atoms with E-state index in [9.17, 15) is 0 Å². The molecule has 1 saturated carbocycles. The molecule has 0 radical (unpaired) electrons. The summed E-state index contributed by atoms with van der Waals surface area (Å²) in [7, 11) is 2.08. The molecule has 0 bridgehead atoms. The van der Waals surface area contributed by atoms with E-state index in [2.05, 4.69) is 32.3 Å². The van der Waals surface area contributed by atoms with Gasteiger partial charge in [0.15, 0.2) is 0 Å². The summed E-state index contributed by atoms with van der Waals surface area (Å²) in [5, 5.41) is 12.0. The fraction of sp³-hybridized carbons (Fsp3) is 0.375. The molecule has 1 fully saturated rings. The SMILES string of the molecule is CN(Cc1nc(-c2nnc(-c3ccccc3)o2)no1)C1CCC1. The smallest absolute Gasteiger partial charge is 0.289 e. The van der Waals surface area contributed by atoms with Crippen molar-refractivity contribution < 1.29 is 8.94 Å². The molecule has 7 nitrogen and oxygen atoms in total. The van der Waals surface area contributed by atoms with Gasteiger partial charge in [-0.15, -0.1) is 10.2 Å². The van der Waals surface area contributed by atoms with Crippen LogP contribution < -0.4 is 0 Å². The minimum absolute atomic E-state index is 0.269. The van der Waals surface area contributed by atoms with Crippen LogP contribution in [-0.2, 0) is 6.54 Å². The van der Waals surface area contributed by atoms with E-state index in [-0.39, 0.29) is 5.89 Å². The third-order valence-electron chi connectivity index (χ3n) is 4.19. The Bertz CT molecular complexity index is 779. The Kier molecular flexibility index (Phi) is 3.63. The van der Waals surface area contributed by atoms with Crippen molar-refractivity contribution in [1.29, 1.82) is 0 Å². The van der Waals surface area contributed by atoms with Crippen molar-refractivity contribution >= 4 is 0 Å². The first-order valence-corrected chi connectivity index (χ1v) is 7.72. The van der Waals surface area contributed by atoms with Crippen molar-refractivity contribution in [2.45, 2.75) is 31.8 Å². The van der Waals surface area contributed by atoms with Crippen LogP contribution in [0.15, 0.2) is 39.3 Å². The van der Waals surface area contributed by atoms with Crippen LogP contribution in [0.2, 0.25) is 0 Å². The molecule has 23 heavy (non-hydrogen) atoms. The van der Waals surface area contributed by atoms with Gasteiger partial charge in [-0.05, 0) is 32.0 Å². The first-order chi connectivity index (χ1) is 11.3. The molecule has 3 aromatic rings. The lowest BCUT2D eigenvalue weighted by atomic mass is 9.92. The molecular weight excluding hydrogens is 294 g/mol. The molecule has 0 saturated heterocycles. The van der Waals surface area contributed by atoms with Gasteiger partial charge in [0.25, 0.3) is 11.7 Å². The topological polar surface area (TPSA) is 81.1 Å². The van der Waals surface area contributed by atoms with Crippen LogP contribution in [0, 0.1) is 0 Å². The molecule has 0 spiro atoms. The first kappa shape index (κ1) is 14.1. The fourth-order valence-corrected chi connectivity index (χ4v) is 2.59. The summed E-state index contributed by atoms with van der Waals surface area (Å²) in [5.74, 6) is 1.61. The highest BCUT2D eigenvalue weighted by atomic mass is 16.5. The summed E-state index contributed by atoms with van der Waals surface area (Å²) >= 11 is 0. The Morgan fingerprint density at radius 1 is 1.13 bits per heavy atom. The zero-order valence-electron chi connectivity index (χ0n) is 12.8. The quantitative estimate of drug-likeness (QED) is 0.716. The van der Waals surface area contributed by atoms with E-state index >= 15 is 0 Å². The van der Waals surface area contributed by atoms with E-state index in [0.717, 1.165) is 5.56 Å². The summed E-state index contributed by atoms with van der Waals surface area (Å²) in [5.41, 5.74) is 0.861. The number of hydrogen-bond donors (Lipinski definition) is 0. The first-order valence-electron chi connectivity index (χ1n) is 7.72. The predicted molar refractivity (Wildman–Crippen MR) is 82.1 cm³/mol. The second-order valence-electron chi connectivity index (χ2n) is 5.79. The Labute approximate surface area is 133 Å². The third-order valence-corrected chi connectivity index (χ3v) is 4.19.